The van der Waals surface area contributed by atoms with Gasteiger partial charge in [-0.25, -0.2) is 0 Å². The van der Waals surface area contributed by atoms with Crippen LogP contribution in [0.4, 0.5) is 0 Å². The molecule has 4 heteroatoms. The highest BCUT2D eigenvalue weighted by molar-refractivity contribution is 5.72. The van der Waals surface area contributed by atoms with Crippen molar-refractivity contribution in [2.75, 3.05) is 0 Å². The van der Waals surface area contributed by atoms with Crippen LogP contribution in [0.1, 0.15) is 181 Å². The lowest BCUT2D eigenvalue weighted by molar-refractivity contribution is -0.165. The van der Waals surface area contributed by atoms with E-state index in [1.807, 2.05) is 6.92 Å². The van der Waals surface area contributed by atoms with Gasteiger partial charge in [0.15, 0.2) is 0 Å². The number of carbonyl (C=O) groups excluding carboxylic acids is 2. The molecule has 0 bridgehead atoms. The Hall–Kier alpha value is -1.06. The van der Waals surface area contributed by atoms with Crippen molar-refractivity contribution in [3.63, 3.8) is 0 Å². The number of unbranched alkanes of at least 4 members (excludes halogenated alkanes) is 20. The summed E-state index contributed by atoms with van der Waals surface area (Å²) in [6, 6.07) is 0. The second-order valence-electron chi connectivity index (χ2n) is 10.2. The predicted octanol–water partition coefficient (Wildman–Crippen LogP) is 10.4. The summed E-state index contributed by atoms with van der Waals surface area (Å²) in [5.74, 6) is -0.555. The Morgan fingerprint density at radius 3 is 0.914 bits per heavy atom. The molecule has 0 aliphatic carbocycles. The largest absolute Gasteiger partial charge is 0.414 e. The molecule has 0 aromatic rings. The van der Waals surface area contributed by atoms with Crippen LogP contribution in [0.2, 0.25) is 0 Å². The third-order valence-electron chi connectivity index (χ3n) is 6.71. The molecule has 0 saturated carbocycles. The van der Waals surface area contributed by atoms with Crippen LogP contribution in [0.25, 0.3) is 0 Å². The molecule has 1 radical (unpaired) electrons. The second-order valence-corrected chi connectivity index (χ2v) is 10.2. The lowest BCUT2D eigenvalue weighted by atomic mass is 10.1. The van der Waals surface area contributed by atoms with Crippen LogP contribution < -0.4 is 0 Å². The standard InChI is InChI=1S/C31H59O4/c1-4-7-9-11-13-15-17-19-21-23-25-27-29(32)34-31(6-3)35-30(33)28-26-24-22-20-18-16-14-12-10-8-5-2/h4-28H2,1-3H3. The highest BCUT2D eigenvalue weighted by Gasteiger charge is 2.19. The Bertz CT molecular complexity index is 423. The van der Waals surface area contributed by atoms with Crippen molar-refractivity contribution in [2.45, 2.75) is 181 Å². The summed E-state index contributed by atoms with van der Waals surface area (Å²) in [6.45, 7) is 6.36. The average Bonchev–Trinajstić information content (AvgIpc) is 2.85. The van der Waals surface area contributed by atoms with Crippen LogP contribution in [0.3, 0.4) is 0 Å². The Labute approximate surface area is 218 Å². The topological polar surface area (TPSA) is 52.6 Å². The van der Waals surface area contributed by atoms with E-state index >= 15 is 0 Å². The number of rotatable bonds is 27. The Kier molecular flexibility index (Phi) is 26.7. The first-order chi connectivity index (χ1) is 17.1. The highest BCUT2D eigenvalue weighted by atomic mass is 16.7. The normalized spacial score (nSPS) is 11.2. The number of ether oxygens (including phenoxy) is 2. The van der Waals surface area contributed by atoms with Gasteiger partial charge in [-0.2, -0.15) is 0 Å². The lowest BCUT2D eigenvalue weighted by Crippen LogP contribution is -2.17. The van der Waals surface area contributed by atoms with E-state index in [1.54, 1.807) is 0 Å². The number of hydrogen-bond donors (Lipinski definition) is 0. The lowest BCUT2D eigenvalue weighted by Gasteiger charge is -2.14. The predicted molar refractivity (Wildman–Crippen MR) is 148 cm³/mol. The molecule has 0 N–H and O–H groups in total. The highest BCUT2D eigenvalue weighted by Crippen LogP contribution is 2.17. The first-order valence-corrected chi connectivity index (χ1v) is 15.4. The van der Waals surface area contributed by atoms with Gasteiger partial charge in [-0.05, 0) is 12.8 Å². The SMILES string of the molecule is CCCCCCCCCCCCCC(=O)O[C](CC)OC(=O)CCCCCCCCCCCCC. The monoisotopic (exact) mass is 495 g/mol. The zero-order chi connectivity index (χ0) is 25.8. The van der Waals surface area contributed by atoms with Crippen LogP contribution in [-0.2, 0) is 19.1 Å². The molecular weight excluding hydrogens is 436 g/mol. The third kappa shape index (κ3) is 25.8. The Balaban J connectivity index is 3.58. The fourth-order valence-electron chi connectivity index (χ4n) is 4.39. The number of esters is 2. The van der Waals surface area contributed by atoms with Crippen molar-refractivity contribution in [3.8, 4) is 0 Å². The van der Waals surface area contributed by atoms with Gasteiger partial charge in [0.05, 0.1) is 0 Å². The fourth-order valence-corrected chi connectivity index (χ4v) is 4.39. The Morgan fingerprint density at radius 2 is 0.657 bits per heavy atom. The summed E-state index contributed by atoms with van der Waals surface area (Å²) < 4.78 is 10.6. The molecule has 0 heterocycles. The van der Waals surface area contributed by atoms with Gasteiger partial charge in [0.25, 0.3) is 0 Å². The zero-order valence-electron chi connectivity index (χ0n) is 23.8. The molecular formula is C31H59O4. The van der Waals surface area contributed by atoms with E-state index in [1.165, 1.54) is 116 Å². The molecule has 0 aliphatic heterocycles. The minimum atomic E-state index is -0.278. The molecule has 0 atom stereocenters. The first kappa shape index (κ1) is 33.9. The van der Waals surface area contributed by atoms with E-state index in [0.717, 1.165) is 25.7 Å². The minimum Gasteiger partial charge on any atom is -0.414 e. The summed E-state index contributed by atoms with van der Waals surface area (Å²) in [6.07, 6.45) is 28.9. The maximum absolute atomic E-state index is 12.1. The maximum atomic E-state index is 12.1. The van der Waals surface area contributed by atoms with Crippen molar-refractivity contribution in [2.24, 2.45) is 0 Å². The molecule has 0 spiro atoms. The van der Waals surface area contributed by atoms with Crippen molar-refractivity contribution < 1.29 is 19.1 Å². The van der Waals surface area contributed by atoms with Crippen LogP contribution in [-0.4, -0.2) is 11.9 Å². The van der Waals surface area contributed by atoms with Gasteiger partial charge in [-0.15, -0.1) is 0 Å². The summed E-state index contributed by atoms with van der Waals surface area (Å²) >= 11 is 0. The fraction of sp³-hybridized carbons (Fsp3) is 0.903. The quantitative estimate of drug-likeness (QED) is 0.0840. The Morgan fingerprint density at radius 1 is 0.400 bits per heavy atom. The van der Waals surface area contributed by atoms with Crippen LogP contribution in [0, 0.1) is 6.29 Å². The van der Waals surface area contributed by atoms with Gasteiger partial charge in [-0.1, -0.05) is 149 Å². The van der Waals surface area contributed by atoms with Gasteiger partial charge >= 0.3 is 18.2 Å². The van der Waals surface area contributed by atoms with E-state index < -0.39 is 0 Å². The van der Waals surface area contributed by atoms with Gasteiger partial charge in [0.1, 0.15) is 0 Å². The molecule has 0 aliphatic rings. The molecule has 0 aromatic carbocycles. The molecule has 0 rings (SSSR count). The smallest absolute Gasteiger partial charge is 0.333 e. The van der Waals surface area contributed by atoms with Gasteiger partial charge in [0.2, 0.25) is 0 Å². The van der Waals surface area contributed by atoms with Crippen molar-refractivity contribution in [1.29, 1.82) is 0 Å². The zero-order valence-corrected chi connectivity index (χ0v) is 23.8. The summed E-state index contributed by atoms with van der Waals surface area (Å²) in [5.41, 5.74) is 0. The van der Waals surface area contributed by atoms with E-state index in [-0.39, 0.29) is 18.2 Å². The molecule has 35 heavy (non-hydrogen) atoms. The molecule has 0 unspecified atom stereocenters. The third-order valence-corrected chi connectivity index (χ3v) is 6.71. The molecule has 0 aromatic heterocycles. The average molecular weight is 496 g/mol. The van der Waals surface area contributed by atoms with E-state index in [4.69, 9.17) is 9.47 Å². The van der Waals surface area contributed by atoms with E-state index in [0.29, 0.717) is 19.3 Å². The first-order valence-electron chi connectivity index (χ1n) is 15.4. The van der Waals surface area contributed by atoms with E-state index in [9.17, 15) is 9.59 Å². The van der Waals surface area contributed by atoms with Crippen LogP contribution in [0.15, 0.2) is 0 Å². The minimum absolute atomic E-state index is 0.158. The van der Waals surface area contributed by atoms with Gasteiger partial charge in [0, 0.05) is 19.3 Å². The van der Waals surface area contributed by atoms with Crippen LogP contribution >= 0.6 is 0 Å². The maximum Gasteiger partial charge on any atom is 0.333 e. The second kappa shape index (κ2) is 27.5. The molecule has 4 nitrogen and oxygen atoms in total. The molecule has 0 saturated heterocycles. The summed E-state index contributed by atoms with van der Waals surface area (Å²) in [7, 11) is 0. The van der Waals surface area contributed by atoms with Crippen molar-refractivity contribution in [3.05, 3.63) is 6.29 Å². The molecule has 0 fully saturated rings. The summed E-state index contributed by atoms with van der Waals surface area (Å²) in [5, 5.41) is 0. The van der Waals surface area contributed by atoms with Crippen LogP contribution in [0.5, 0.6) is 0 Å². The molecule has 207 valence electrons. The van der Waals surface area contributed by atoms with Gasteiger partial charge in [-0.3, -0.25) is 9.59 Å². The van der Waals surface area contributed by atoms with Crippen molar-refractivity contribution in [1.82, 2.24) is 0 Å². The van der Waals surface area contributed by atoms with Crippen molar-refractivity contribution >= 4 is 11.9 Å². The molecule has 0 amide bonds. The number of carbonyl (C=O) groups is 2. The van der Waals surface area contributed by atoms with Gasteiger partial charge < -0.3 is 9.47 Å². The summed E-state index contributed by atoms with van der Waals surface area (Å²) in [4.78, 5) is 24.2. The number of hydrogen-bond acceptors (Lipinski definition) is 4. The van der Waals surface area contributed by atoms with E-state index in [2.05, 4.69) is 13.8 Å².